The second-order valence-electron chi connectivity index (χ2n) is 17.1. The molecule has 4 nitrogen and oxygen atoms in total. The number of para-hydroxylation sites is 2. The summed E-state index contributed by atoms with van der Waals surface area (Å²) < 4.78 is 4.77. The van der Waals surface area contributed by atoms with Crippen molar-refractivity contribution in [2.75, 3.05) is 4.90 Å². The zero-order chi connectivity index (χ0) is 44.9. The molecule has 1 aliphatic rings. The van der Waals surface area contributed by atoms with Crippen molar-refractivity contribution in [2.24, 2.45) is 0 Å². The molecule has 1 atom stereocenters. The first-order chi connectivity index (χ1) is 33.2. The van der Waals surface area contributed by atoms with Gasteiger partial charge in [-0.1, -0.05) is 158 Å². The van der Waals surface area contributed by atoms with Crippen LogP contribution in [-0.2, 0) is 5.41 Å². The average Bonchev–Trinajstić information content (AvgIpc) is 4.07. The fraction of sp³-hybridized carbons (Fsp3) is 0.0317. The van der Waals surface area contributed by atoms with Gasteiger partial charge in [-0.05, 0) is 125 Å². The number of pyridine rings is 1. The summed E-state index contributed by atoms with van der Waals surface area (Å²) in [5, 5.41) is 3.55. The molecule has 0 aliphatic heterocycles. The molecule has 0 amide bonds. The molecule has 1 unspecified atom stereocenters. The standard InChI is InChI=1S/C63H46N4/c1-3-5-19-46(4-2)63(47-20-9-6-10-21-47)57-27-16-15-26-53(57)54-37-34-52(43-58(54)63)66(50-32-29-44(30-33-50)59-28-17-18-40-64-59)51-35-38-60-56(42-51)55-36-31-45-39-41-65(48-22-11-7-12-23-48)61(45)62(55)67(60)49-24-13-8-14-25-49/h3-43H,2H2,1H3/b5-3-,46-19+. The second-order valence-corrected chi connectivity index (χ2v) is 17.1. The minimum absolute atomic E-state index is 0.620. The van der Waals surface area contributed by atoms with Crippen molar-refractivity contribution in [3.05, 3.63) is 278 Å². The van der Waals surface area contributed by atoms with Gasteiger partial charge in [-0.2, -0.15) is 0 Å². The van der Waals surface area contributed by atoms with Crippen molar-refractivity contribution >= 4 is 49.8 Å². The number of fused-ring (bicyclic) bond motifs is 8. The highest BCUT2D eigenvalue weighted by Crippen LogP contribution is 2.58. The maximum Gasteiger partial charge on any atom is 0.0788 e. The van der Waals surface area contributed by atoms with Crippen LogP contribution >= 0.6 is 0 Å². The minimum Gasteiger partial charge on any atom is -0.315 e. The lowest BCUT2D eigenvalue weighted by Gasteiger charge is -2.35. The average molecular weight is 859 g/mol. The maximum absolute atomic E-state index is 4.69. The number of hydrogen-bond acceptors (Lipinski definition) is 2. The molecule has 0 spiro atoms. The highest BCUT2D eigenvalue weighted by molar-refractivity contribution is 6.19. The van der Waals surface area contributed by atoms with Gasteiger partial charge in [0.1, 0.15) is 0 Å². The zero-order valence-corrected chi connectivity index (χ0v) is 37.2. The molecule has 12 rings (SSSR count). The summed E-state index contributed by atoms with van der Waals surface area (Å²) in [6.45, 7) is 6.52. The summed E-state index contributed by atoms with van der Waals surface area (Å²) in [6.07, 6.45) is 12.5. The smallest absolute Gasteiger partial charge is 0.0788 e. The molecule has 11 aromatic rings. The fourth-order valence-electron chi connectivity index (χ4n) is 10.7. The Bertz CT molecular complexity index is 3690. The molecule has 0 saturated carbocycles. The van der Waals surface area contributed by atoms with E-state index in [2.05, 4.69) is 257 Å². The number of anilines is 3. The zero-order valence-electron chi connectivity index (χ0n) is 37.2. The number of benzene rings is 8. The predicted molar refractivity (Wildman–Crippen MR) is 280 cm³/mol. The van der Waals surface area contributed by atoms with E-state index in [1.165, 1.54) is 55.0 Å². The summed E-state index contributed by atoms with van der Waals surface area (Å²) in [5.74, 6) is 0. The monoisotopic (exact) mass is 858 g/mol. The summed E-state index contributed by atoms with van der Waals surface area (Å²) >= 11 is 0. The fourth-order valence-corrected chi connectivity index (χ4v) is 10.7. The molecule has 8 aromatic carbocycles. The Morgan fingerprint density at radius 1 is 0.567 bits per heavy atom. The molecule has 0 fully saturated rings. The van der Waals surface area contributed by atoms with E-state index in [1.54, 1.807) is 0 Å². The van der Waals surface area contributed by atoms with Gasteiger partial charge in [0.15, 0.2) is 0 Å². The third kappa shape index (κ3) is 6.33. The number of hydrogen-bond donors (Lipinski definition) is 0. The number of aromatic nitrogens is 3. The van der Waals surface area contributed by atoms with Crippen molar-refractivity contribution in [1.29, 1.82) is 0 Å². The molecular weight excluding hydrogens is 813 g/mol. The van der Waals surface area contributed by atoms with E-state index in [0.29, 0.717) is 0 Å². The van der Waals surface area contributed by atoms with Gasteiger partial charge >= 0.3 is 0 Å². The molecule has 4 heteroatoms. The Morgan fingerprint density at radius 2 is 1.24 bits per heavy atom. The molecule has 3 heterocycles. The minimum atomic E-state index is -0.620. The van der Waals surface area contributed by atoms with Crippen LogP contribution in [0.1, 0.15) is 23.6 Å². The lowest BCUT2D eigenvalue weighted by molar-refractivity contribution is 0.767. The van der Waals surface area contributed by atoms with Crippen LogP contribution in [-0.4, -0.2) is 14.1 Å². The van der Waals surface area contributed by atoms with E-state index in [1.807, 2.05) is 24.4 Å². The van der Waals surface area contributed by atoms with Crippen LogP contribution in [0.3, 0.4) is 0 Å². The lowest BCUT2D eigenvalue weighted by Crippen LogP contribution is -2.29. The quantitative estimate of drug-likeness (QED) is 0.128. The molecule has 0 radical (unpaired) electrons. The number of allylic oxidation sites excluding steroid dienone is 5. The van der Waals surface area contributed by atoms with E-state index in [9.17, 15) is 0 Å². The van der Waals surface area contributed by atoms with Gasteiger partial charge in [0.2, 0.25) is 0 Å². The van der Waals surface area contributed by atoms with Crippen LogP contribution in [0.25, 0.3) is 66.5 Å². The molecule has 1 aliphatic carbocycles. The molecule has 0 saturated heterocycles. The third-order valence-corrected chi connectivity index (χ3v) is 13.6. The van der Waals surface area contributed by atoms with Crippen molar-refractivity contribution in [1.82, 2.24) is 14.1 Å². The molecule has 67 heavy (non-hydrogen) atoms. The van der Waals surface area contributed by atoms with Crippen molar-refractivity contribution in [2.45, 2.75) is 12.3 Å². The first-order valence-electron chi connectivity index (χ1n) is 22.9. The van der Waals surface area contributed by atoms with Crippen molar-refractivity contribution < 1.29 is 0 Å². The Hall–Kier alpha value is -8.73. The van der Waals surface area contributed by atoms with Crippen LogP contribution in [0, 0.1) is 0 Å². The Kier molecular flexibility index (Phi) is 9.73. The first kappa shape index (κ1) is 39.8. The normalized spacial score (nSPS) is 14.5. The molecule has 318 valence electrons. The van der Waals surface area contributed by atoms with Gasteiger partial charge in [0, 0.05) is 62.6 Å². The number of rotatable bonds is 10. The Morgan fingerprint density at radius 3 is 1.99 bits per heavy atom. The summed E-state index contributed by atoms with van der Waals surface area (Å²) in [4.78, 5) is 7.10. The topological polar surface area (TPSA) is 26.0 Å². The predicted octanol–water partition coefficient (Wildman–Crippen LogP) is 16.3. The van der Waals surface area contributed by atoms with Gasteiger partial charge < -0.3 is 14.0 Å². The summed E-state index contributed by atoms with van der Waals surface area (Å²) in [6, 6.07) is 76.9. The van der Waals surface area contributed by atoms with Gasteiger partial charge in [0.25, 0.3) is 0 Å². The lowest BCUT2D eigenvalue weighted by atomic mass is 9.67. The van der Waals surface area contributed by atoms with E-state index in [4.69, 9.17) is 0 Å². The van der Waals surface area contributed by atoms with Crippen molar-refractivity contribution in [3.63, 3.8) is 0 Å². The summed E-state index contributed by atoms with van der Waals surface area (Å²) in [7, 11) is 0. The van der Waals surface area contributed by atoms with Crippen LogP contribution < -0.4 is 4.90 Å². The highest BCUT2D eigenvalue weighted by atomic mass is 15.1. The molecule has 3 aromatic heterocycles. The van der Waals surface area contributed by atoms with Gasteiger partial charge in [-0.25, -0.2) is 0 Å². The van der Waals surface area contributed by atoms with E-state index in [0.717, 1.165) is 50.8 Å². The first-order valence-corrected chi connectivity index (χ1v) is 22.9. The molecule has 0 N–H and O–H groups in total. The van der Waals surface area contributed by atoms with Gasteiger partial charge in [-0.15, -0.1) is 0 Å². The Labute approximate surface area is 391 Å². The van der Waals surface area contributed by atoms with Crippen molar-refractivity contribution in [3.8, 4) is 33.8 Å². The van der Waals surface area contributed by atoms with E-state index >= 15 is 0 Å². The van der Waals surface area contributed by atoms with Crippen LogP contribution in [0.15, 0.2) is 261 Å². The highest BCUT2D eigenvalue weighted by Gasteiger charge is 2.46. The Balaban J connectivity index is 1.13. The van der Waals surface area contributed by atoms with Gasteiger partial charge in [0.05, 0.1) is 27.7 Å². The largest absolute Gasteiger partial charge is 0.315 e. The maximum atomic E-state index is 4.69. The summed E-state index contributed by atoms with van der Waals surface area (Å²) in [5.41, 5.74) is 17.5. The SMILES string of the molecule is C=C/C(=C\C=C/C)C1(c2ccccc2)c2ccccc2-c2ccc(N(c3ccc(-c4ccccn4)cc3)c3ccc4c(c3)c3ccc5ccn(-c6ccccc6)c5c3n4-c3ccccc3)cc21. The van der Waals surface area contributed by atoms with E-state index in [-0.39, 0.29) is 0 Å². The third-order valence-electron chi connectivity index (χ3n) is 13.6. The second kappa shape index (κ2) is 16.4. The molecular formula is C63H46N4. The van der Waals surface area contributed by atoms with Crippen LogP contribution in [0.2, 0.25) is 0 Å². The van der Waals surface area contributed by atoms with Gasteiger partial charge in [-0.3, -0.25) is 4.98 Å². The number of nitrogens with zero attached hydrogens (tertiary/aromatic N) is 4. The van der Waals surface area contributed by atoms with Crippen LogP contribution in [0.5, 0.6) is 0 Å². The van der Waals surface area contributed by atoms with E-state index < -0.39 is 5.41 Å². The van der Waals surface area contributed by atoms with Crippen LogP contribution in [0.4, 0.5) is 17.1 Å². The molecule has 0 bridgehead atoms.